The molecule has 0 bridgehead atoms. The summed E-state index contributed by atoms with van der Waals surface area (Å²) in [6.07, 6.45) is 65.4. The Morgan fingerprint density at radius 1 is 0.411 bits per heavy atom. The van der Waals surface area contributed by atoms with Gasteiger partial charge >= 0.3 is 0 Å². The Morgan fingerprint density at radius 2 is 0.778 bits per heavy atom. The van der Waals surface area contributed by atoms with Crippen molar-refractivity contribution in [3.8, 4) is 0 Å². The number of carbonyl (C=O) groups excluding carboxylic acids is 1. The molecule has 90 heavy (non-hydrogen) atoms. The molecule has 2 aliphatic rings. The second-order valence-corrected chi connectivity index (χ2v) is 26.0. The summed E-state index contributed by atoms with van der Waals surface area (Å²) in [5, 5.41) is 87.5. The van der Waals surface area contributed by atoms with Crippen molar-refractivity contribution in [1.82, 2.24) is 5.32 Å². The van der Waals surface area contributed by atoms with Crippen molar-refractivity contribution < 1.29 is 64.6 Å². The van der Waals surface area contributed by atoms with Crippen LogP contribution in [0.5, 0.6) is 0 Å². The summed E-state index contributed by atoms with van der Waals surface area (Å²) in [5.41, 5.74) is 0. The SMILES string of the molecule is CC/C=C\C/C=C\C/C=C\C/C=C\CCCCCCCCCCCCCCC(=O)NC(COC1OC(CO)C(OC2OC(CO)C(O)C(O)C2O)C(O)C1O)C(O)/C=C/CC/C=C/CCCCCCCCCCCCCCCCCCCCCCCCCCC. The second kappa shape index (κ2) is 60.1. The Kier molecular flexibility index (Phi) is 55.8. The fourth-order valence-corrected chi connectivity index (χ4v) is 12.0. The van der Waals surface area contributed by atoms with Crippen molar-refractivity contribution in [3.63, 3.8) is 0 Å². The Balaban J connectivity index is 1.67. The summed E-state index contributed by atoms with van der Waals surface area (Å²) in [4.78, 5) is 13.3. The van der Waals surface area contributed by atoms with E-state index in [4.69, 9.17) is 18.9 Å². The first-order chi connectivity index (χ1) is 44.1. The zero-order valence-corrected chi connectivity index (χ0v) is 57.1. The molecule has 524 valence electrons. The van der Waals surface area contributed by atoms with Crippen LogP contribution in [0.1, 0.15) is 309 Å². The monoisotopic (exact) mass is 1270 g/mol. The molecule has 2 saturated heterocycles. The standard InChI is InChI=1S/C76H137NO13/c1-3-5-7-9-11-13-15-17-19-21-23-25-27-29-30-31-32-33-34-36-37-39-41-43-45-47-49-51-53-55-57-59-65(80)64(63-87-75-73(86)71(84)74(67(62-79)89-75)90-76-72(85)70(83)69(82)66(61-78)88-76)77-68(81)60-58-56-54-52-50-48-46-44-42-40-38-35-28-26-24-22-20-18-16-14-12-10-8-6-4-2/h6,8,12,14,18,20,24,26,49,51,57,59,64-67,69-76,78-80,82-86H,3-5,7,9-11,13,15-17,19,21-23,25,27-48,50,52-56,58,60-63H2,1-2H3,(H,77,81)/b8-6-,14-12-,20-18-,26-24-,51-49+,59-57+. The first-order valence-electron chi connectivity index (χ1n) is 37.2. The molecule has 14 nitrogen and oxygen atoms in total. The van der Waals surface area contributed by atoms with Crippen LogP contribution in [0.2, 0.25) is 0 Å². The summed E-state index contributed by atoms with van der Waals surface area (Å²) in [7, 11) is 0. The van der Waals surface area contributed by atoms with Gasteiger partial charge in [0.1, 0.15) is 48.8 Å². The van der Waals surface area contributed by atoms with Gasteiger partial charge in [-0.3, -0.25) is 4.79 Å². The summed E-state index contributed by atoms with van der Waals surface area (Å²) in [6.45, 7) is 2.71. The van der Waals surface area contributed by atoms with Gasteiger partial charge in [0.15, 0.2) is 12.6 Å². The highest BCUT2D eigenvalue weighted by Crippen LogP contribution is 2.30. The van der Waals surface area contributed by atoms with E-state index in [1.54, 1.807) is 6.08 Å². The molecular formula is C76H137NO13. The molecule has 2 heterocycles. The minimum absolute atomic E-state index is 0.250. The average molecular weight is 1270 g/mol. The van der Waals surface area contributed by atoms with E-state index in [0.29, 0.717) is 12.8 Å². The fraction of sp³-hybridized carbons (Fsp3) is 0.829. The van der Waals surface area contributed by atoms with E-state index in [-0.39, 0.29) is 18.9 Å². The number of carbonyl (C=O) groups is 1. The smallest absolute Gasteiger partial charge is 0.220 e. The minimum Gasteiger partial charge on any atom is -0.394 e. The third-order valence-corrected chi connectivity index (χ3v) is 17.9. The van der Waals surface area contributed by atoms with Crippen molar-refractivity contribution >= 4 is 5.91 Å². The molecule has 0 aromatic carbocycles. The van der Waals surface area contributed by atoms with Crippen LogP contribution in [0.4, 0.5) is 0 Å². The van der Waals surface area contributed by atoms with Crippen molar-refractivity contribution in [1.29, 1.82) is 0 Å². The normalized spacial score (nSPS) is 23.3. The molecule has 0 spiro atoms. The molecule has 0 aromatic rings. The lowest BCUT2D eigenvalue weighted by molar-refractivity contribution is -0.359. The second-order valence-electron chi connectivity index (χ2n) is 26.0. The van der Waals surface area contributed by atoms with E-state index in [1.165, 1.54) is 212 Å². The lowest BCUT2D eigenvalue weighted by Gasteiger charge is -2.46. The van der Waals surface area contributed by atoms with Crippen LogP contribution in [-0.4, -0.2) is 140 Å². The first kappa shape index (κ1) is 83.5. The van der Waals surface area contributed by atoms with Crippen molar-refractivity contribution in [2.45, 2.75) is 383 Å². The van der Waals surface area contributed by atoms with E-state index in [1.807, 2.05) is 6.08 Å². The van der Waals surface area contributed by atoms with Crippen LogP contribution in [0.15, 0.2) is 72.9 Å². The van der Waals surface area contributed by atoms with Gasteiger partial charge in [-0.2, -0.15) is 0 Å². The van der Waals surface area contributed by atoms with Gasteiger partial charge in [0.2, 0.25) is 5.91 Å². The summed E-state index contributed by atoms with van der Waals surface area (Å²) in [6, 6.07) is -0.938. The molecule has 1 amide bonds. The van der Waals surface area contributed by atoms with Gasteiger partial charge in [-0.25, -0.2) is 0 Å². The predicted octanol–water partition coefficient (Wildman–Crippen LogP) is 15.8. The number of rotatable bonds is 61. The van der Waals surface area contributed by atoms with Crippen LogP contribution in [-0.2, 0) is 23.7 Å². The number of ether oxygens (including phenoxy) is 4. The zero-order valence-electron chi connectivity index (χ0n) is 57.1. The van der Waals surface area contributed by atoms with Crippen LogP contribution in [0.3, 0.4) is 0 Å². The number of unbranched alkanes of at least 4 members (excludes halogenated alkanes) is 38. The molecule has 0 aromatic heterocycles. The van der Waals surface area contributed by atoms with Gasteiger partial charge < -0.3 is 65.1 Å². The molecule has 9 N–H and O–H groups in total. The van der Waals surface area contributed by atoms with Gasteiger partial charge in [-0.05, 0) is 70.6 Å². The highest BCUT2D eigenvalue weighted by Gasteiger charge is 2.51. The van der Waals surface area contributed by atoms with Gasteiger partial charge in [0.05, 0.1) is 32.0 Å². The largest absolute Gasteiger partial charge is 0.394 e. The topological polar surface area (TPSA) is 228 Å². The number of allylic oxidation sites excluding steroid dienone is 11. The van der Waals surface area contributed by atoms with Gasteiger partial charge in [-0.15, -0.1) is 0 Å². The van der Waals surface area contributed by atoms with E-state index >= 15 is 0 Å². The van der Waals surface area contributed by atoms with Crippen LogP contribution in [0, 0.1) is 0 Å². The maximum absolute atomic E-state index is 13.3. The molecule has 2 rings (SSSR count). The molecule has 12 atom stereocenters. The van der Waals surface area contributed by atoms with Crippen LogP contribution < -0.4 is 5.32 Å². The number of hydrogen-bond acceptors (Lipinski definition) is 13. The van der Waals surface area contributed by atoms with E-state index in [2.05, 4.69) is 79.9 Å². The third kappa shape index (κ3) is 43.4. The molecule has 0 saturated carbocycles. The summed E-state index contributed by atoms with van der Waals surface area (Å²) in [5.74, 6) is -0.250. The molecule has 0 aliphatic carbocycles. The average Bonchev–Trinajstić information content (AvgIpc) is 1.41. The molecule has 0 radical (unpaired) electrons. The van der Waals surface area contributed by atoms with Crippen molar-refractivity contribution in [2.24, 2.45) is 0 Å². The predicted molar refractivity (Wildman–Crippen MR) is 369 cm³/mol. The molecular weight excluding hydrogens is 1130 g/mol. The van der Waals surface area contributed by atoms with E-state index in [9.17, 15) is 45.6 Å². The van der Waals surface area contributed by atoms with Gasteiger partial charge in [-0.1, -0.05) is 305 Å². The molecule has 14 heteroatoms. The molecule has 12 unspecified atom stereocenters. The Labute approximate surface area is 548 Å². The quantitative estimate of drug-likeness (QED) is 0.0204. The Hall–Kier alpha value is -2.57. The summed E-state index contributed by atoms with van der Waals surface area (Å²) < 4.78 is 22.9. The number of aliphatic hydroxyl groups excluding tert-OH is 8. The van der Waals surface area contributed by atoms with Crippen LogP contribution >= 0.6 is 0 Å². The maximum Gasteiger partial charge on any atom is 0.220 e. The van der Waals surface area contributed by atoms with Crippen molar-refractivity contribution in [2.75, 3.05) is 19.8 Å². The number of nitrogens with one attached hydrogen (secondary N) is 1. The van der Waals surface area contributed by atoms with Gasteiger partial charge in [0, 0.05) is 6.42 Å². The fourth-order valence-electron chi connectivity index (χ4n) is 12.0. The van der Waals surface area contributed by atoms with Crippen molar-refractivity contribution in [3.05, 3.63) is 72.9 Å². The Morgan fingerprint density at radius 3 is 1.22 bits per heavy atom. The van der Waals surface area contributed by atoms with E-state index in [0.717, 1.165) is 64.2 Å². The van der Waals surface area contributed by atoms with E-state index < -0.39 is 86.8 Å². The number of hydrogen-bond donors (Lipinski definition) is 9. The lowest BCUT2D eigenvalue weighted by atomic mass is 9.97. The first-order valence-corrected chi connectivity index (χ1v) is 37.2. The minimum atomic E-state index is -1.79. The molecule has 2 aliphatic heterocycles. The number of amides is 1. The molecule has 2 fully saturated rings. The number of aliphatic hydroxyl groups is 8. The summed E-state index contributed by atoms with van der Waals surface area (Å²) >= 11 is 0. The highest BCUT2D eigenvalue weighted by atomic mass is 16.7. The third-order valence-electron chi connectivity index (χ3n) is 17.9. The maximum atomic E-state index is 13.3. The van der Waals surface area contributed by atoms with Crippen LogP contribution in [0.25, 0.3) is 0 Å². The zero-order chi connectivity index (χ0) is 65.2. The lowest BCUT2D eigenvalue weighted by Crippen LogP contribution is -2.65. The highest BCUT2D eigenvalue weighted by molar-refractivity contribution is 5.76. The Bertz CT molecular complexity index is 1790. The van der Waals surface area contributed by atoms with Gasteiger partial charge in [0.25, 0.3) is 0 Å².